The molecule has 0 N–H and O–H groups in total. The Bertz CT molecular complexity index is 417. The molecule has 0 bridgehead atoms. The van der Waals surface area contributed by atoms with E-state index in [0.29, 0.717) is 0 Å². The van der Waals surface area contributed by atoms with E-state index in [4.69, 9.17) is 0 Å². The molecule has 1 radical (unpaired) electrons. The fourth-order valence-electron chi connectivity index (χ4n) is 3.03. The van der Waals surface area contributed by atoms with E-state index in [1.165, 1.54) is 29.9 Å². The molecular weight excluding hydrogens is 204 g/mol. The van der Waals surface area contributed by atoms with Gasteiger partial charge < -0.3 is 0 Å². The number of hydrogen-bond acceptors (Lipinski definition) is 0. The van der Waals surface area contributed by atoms with Crippen molar-refractivity contribution in [2.45, 2.75) is 47.0 Å². The van der Waals surface area contributed by atoms with Gasteiger partial charge in [-0.15, -0.1) is 0 Å². The molecule has 0 aromatic carbocycles. The Kier molecular flexibility index (Phi) is 3.42. The lowest BCUT2D eigenvalue weighted by molar-refractivity contribution is 0.654. The summed E-state index contributed by atoms with van der Waals surface area (Å²) in [6.45, 7) is 9.07. The van der Waals surface area contributed by atoms with Gasteiger partial charge >= 0.3 is 0 Å². The van der Waals surface area contributed by atoms with E-state index in [9.17, 15) is 0 Å². The monoisotopic (exact) mass is 227 g/mol. The fraction of sp³-hybridized carbons (Fsp3) is 0.471. The van der Waals surface area contributed by atoms with Gasteiger partial charge in [-0.1, -0.05) is 63.1 Å². The number of allylic oxidation sites excluding steroid dienone is 8. The first-order valence-corrected chi connectivity index (χ1v) is 6.77. The zero-order chi connectivity index (χ0) is 12.5. The second-order valence-electron chi connectivity index (χ2n) is 5.36. The van der Waals surface area contributed by atoms with Gasteiger partial charge in [-0.05, 0) is 30.9 Å². The molecule has 2 aliphatic carbocycles. The van der Waals surface area contributed by atoms with Crippen molar-refractivity contribution < 1.29 is 0 Å². The Morgan fingerprint density at radius 1 is 1.12 bits per heavy atom. The lowest BCUT2D eigenvalue weighted by atomic mass is 9.76. The summed E-state index contributed by atoms with van der Waals surface area (Å²) in [6, 6.07) is 0. The topological polar surface area (TPSA) is 0 Å². The van der Waals surface area contributed by atoms with Crippen LogP contribution in [0.25, 0.3) is 0 Å². The summed E-state index contributed by atoms with van der Waals surface area (Å²) in [5, 5.41) is 0. The van der Waals surface area contributed by atoms with E-state index in [-0.39, 0.29) is 5.41 Å². The van der Waals surface area contributed by atoms with Gasteiger partial charge in [0.1, 0.15) is 0 Å². The number of rotatable bonds is 4. The maximum Gasteiger partial charge on any atom is 0.0266 e. The van der Waals surface area contributed by atoms with Crippen LogP contribution in [0.1, 0.15) is 47.0 Å². The maximum atomic E-state index is 2.44. The van der Waals surface area contributed by atoms with Crippen LogP contribution in [0, 0.1) is 11.3 Å². The molecule has 0 amide bonds. The number of hydrogen-bond donors (Lipinski definition) is 0. The molecule has 0 aromatic heterocycles. The van der Waals surface area contributed by atoms with Gasteiger partial charge in [-0.2, -0.15) is 0 Å². The van der Waals surface area contributed by atoms with Crippen LogP contribution in [0.5, 0.6) is 0 Å². The predicted octanol–water partition coefficient (Wildman–Crippen LogP) is 5.16. The van der Waals surface area contributed by atoms with Crippen molar-refractivity contribution in [2.75, 3.05) is 0 Å². The highest BCUT2D eigenvalue weighted by molar-refractivity contribution is 5.57. The highest BCUT2D eigenvalue weighted by atomic mass is 14.4. The van der Waals surface area contributed by atoms with Crippen molar-refractivity contribution in [3.05, 3.63) is 53.0 Å². The molecule has 0 fully saturated rings. The minimum Gasteiger partial charge on any atom is -0.0730 e. The average molecular weight is 227 g/mol. The average Bonchev–Trinajstić information content (AvgIpc) is 2.84. The largest absolute Gasteiger partial charge is 0.0730 e. The lowest BCUT2D eigenvalue weighted by Gasteiger charge is -2.27. The zero-order valence-electron chi connectivity index (χ0n) is 11.5. The van der Waals surface area contributed by atoms with Crippen LogP contribution in [0.2, 0.25) is 0 Å². The van der Waals surface area contributed by atoms with Gasteiger partial charge in [0.25, 0.3) is 0 Å². The van der Waals surface area contributed by atoms with Crippen molar-refractivity contribution in [2.24, 2.45) is 5.41 Å². The fourth-order valence-corrected chi connectivity index (χ4v) is 3.03. The SMILES string of the molecule is CCCC1=C(C2(C)C=CC(CC)=C2)[C](C)C=C1. The van der Waals surface area contributed by atoms with Crippen LogP contribution in [0.4, 0.5) is 0 Å². The molecule has 2 rings (SSSR count). The molecule has 0 aromatic rings. The molecule has 0 heterocycles. The van der Waals surface area contributed by atoms with Gasteiger partial charge in [-0.3, -0.25) is 0 Å². The Hall–Kier alpha value is -1.04. The molecule has 91 valence electrons. The second kappa shape index (κ2) is 4.68. The summed E-state index contributed by atoms with van der Waals surface area (Å²) >= 11 is 0. The predicted molar refractivity (Wildman–Crippen MR) is 75.6 cm³/mol. The van der Waals surface area contributed by atoms with E-state index >= 15 is 0 Å². The van der Waals surface area contributed by atoms with Crippen LogP contribution in [0.15, 0.2) is 47.1 Å². The van der Waals surface area contributed by atoms with Crippen molar-refractivity contribution >= 4 is 0 Å². The molecule has 0 saturated heterocycles. The van der Waals surface area contributed by atoms with Crippen LogP contribution in [-0.2, 0) is 0 Å². The van der Waals surface area contributed by atoms with Gasteiger partial charge in [0.15, 0.2) is 0 Å². The third kappa shape index (κ3) is 2.18. The Morgan fingerprint density at radius 2 is 1.88 bits per heavy atom. The molecule has 1 atom stereocenters. The van der Waals surface area contributed by atoms with E-state index < -0.39 is 0 Å². The molecule has 0 aliphatic heterocycles. The molecule has 0 saturated carbocycles. The molecule has 0 nitrogen and oxygen atoms in total. The molecular formula is C17H23. The van der Waals surface area contributed by atoms with Gasteiger partial charge in [0.05, 0.1) is 0 Å². The van der Waals surface area contributed by atoms with E-state index in [0.717, 1.165) is 6.42 Å². The van der Waals surface area contributed by atoms with Crippen molar-refractivity contribution in [3.8, 4) is 0 Å². The summed E-state index contributed by atoms with van der Waals surface area (Å²) in [7, 11) is 0. The van der Waals surface area contributed by atoms with E-state index in [1.54, 1.807) is 5.57 Å². The summed E-state index contributed by atoms with van der Waals surface area (Å²) in [5.41, 5.74) is 4.67. The third-order valence-corrected chi connectivity index (χ3v) is 3.85. The molecule has 0 spiro atoms. The highest BCUT2D eigenvalue weighted by Gasteiger charge is 2.33. The highest BCUT2D eigenvalue weighted by Crippen LogP contribution is 2.47. The quantitative estimate of drug-likeness (QED) is 0.622. The summed E-state index contributed by atoms with van der Waals surface area (Å²) < 4.78 is 0. The summed E-state index contributed by atoms with van der Waals surface area (Å²) in [6.07, 6.45) is 15.2. The van der Waals surface area contributed by atoms with E-state index in [2.05, 4.69) is 58.1 Å². The zero-order valence-corrected chi connectivity index (χ0v) is 11.5. The van der Waals surface area contributed by atoms with Crippen molar-refractivity contribution in [3.63, 3.8) is 0 Å². The van der Waals surface area contributed by atoms with Crippen LogP contribution in [0.3, 0.4) is 0 Å². The van der Waals surface area contributed by atoms with Gasteiger partial charge in [-0.25, -0.2) is 0 Å². The van der Waals surface area contributed by atoms with Gasteiger partial charge in [0, 0.05) is 11.3 Å². The van der Waals surface area contributed by atoms with Crippen molar-refractivity contribution in [1.29, 1.82) is 0 Å². The van der Waals surface area contributed by atoms with Crippen LogP contribution >= 0.6 is 0 Å². The Labute approximate surface area is 106 Å². The third-order valence-electron chi connectivity index (χ3n) is 3.85. The molecule has 0 heteroatoms. The Morgan fingerprint density at radius 3 is 2.47 bits per heavy atom. The Balaban J connectivity index is 2.37. The van der Waals surface area contributed by atoms with E-state index in [1.807, 2.05) is 0 Å². The lowest BCUT2D eigenvalue weighted by Crippen LogP contribution is -2.15. The van der Waals surface area contributed by atoms with Gasteiger partial charge in [0.2, 0.25) is 0 Å². The standard InChI is InChI=1S/C17H23/c1-5-7-15-9-8-13(3)16(15)17(4)11-10-14(6-2)12-17/h8-12H,5-7H2,1-4H3. The first-order valence-electron chi connectivity index (χ1n) is 6.77. The maximum absolute atomic E-state index is 2.44. The molecule has 17 heavy (non-hydrogen) atoms. The summed E-state index contributed by atoms with van der Waals surface area (Å²) in [5.74, 6) is 1.44. The van der Waals surface area contributed by atoms with Crippen LogP contribution < -0.4 is 0 Å². The molecule has 1 unspecified atom stereocenters. The summed E-state index contributed by atoms with van der Waals surface area (Å²) in [4.78, 5) is 0. The second-order valence-corrected chi connectivity index (χ2v) is 5.36. The van der Waals surface area contributed by atoms with Crippen molar-refractivity contribution in [1.82, 2.24) is 0 Å². The first-order chi connectivity index (χ1) is 8.10. The first kappa shape index (κ1) is 12.4. The normalized spacial score (nSPS) is 28.4. The minimum absolute atomic E-state index is 0.128. The van der Waals surface area contributed by atoms with Crippen LogP contribution in [-0.4, -0.2) is 0 Å². The smallest absolute Gasteiger partial charge is 0.0266 e. The minimum atomic E-state index is 0.128. The molecule has 2 aliphatic rings.